The largest absolute Gasteiger partial charge is 0.398 e. The van der Waals surface area contributed by atoms with E-state index in [0.717, 1.165) is 24.3 Å². The van der Waals surface area contributed by atoms with Gasteiger partial charge in [0.25, 0.3) is 0 Å². The van der Waals surface area contributed by atoms with Gasteiger partial charge in [0.2, 0.25) is 0 Å². The van der Waals surface area contributed by atoms with Crippen molar-refractivity contribution >= 4 is 16.5 Å². The van der Waals surface area contributed by atoms with Gasteiger partial charge in [0.1, 0.15) is 17.5 Å². The van der Waals surface area contributed by atoms with Crippen LogP contribution < -0.4 is 5.73 Å². The third kappa shape index (κ3) is 2.96. The Hall–Kier alpha value is -1.82. The number of nitrogens with two attached hydrogens (primary N) is 1. The predicted molar refractivity (Wildman–Crippen MR) is 67.3 cm³/mol. The molecule has 0 aromatic heterocycles. The second kappa shape index (κ2) is 5.44. The Morgan fingerprint density at radius 2 is 1.68 bits per heavy atom. The normalized spacial score (nSPS) is 12.4. The molecule has 2 nitrogen and oxygen atoms in total. The van der Waals surface area contributed by atoms with Crippen molar-refractivity contribution in [3.63, 3.8) is 0 Å². The standard InChI is InChI=1S/C13H10F3NOS/c14-8-4-5-12(17)13(6-8)19(18)7-9-10(15)2-1-3-11(9)16/h1-6H,7,17H2. The van der Waals surface area contributed by atoms with Gasteiger partial charge in [-0.1, -0.05) is 6.07 Å². The number of hydrogen-bond acceptors (Lipinski definition) is 2. The van der Waals surface area contributed by atoms with E-state index in [9.17, 15) is 17.4 Å². The first-order valence-electron chi connectivity index (χ1n) is 5.35. The highest BCUT2D eigenvalue weighted by Gasteiger charge is 2.15. The minimum absolute atomic E-state index is 0.0302. The van der Waals surface area contributed by atoms with Crippen LogP contribution in [-0.4, -0.2) is 4.21 Å². The lowest BCUT2D eigenvalue weighted by atomic mass is 10.2. The highest BCUT2D eigenvalue weighted by molar-refractivity contribution is 7.84. The molecule has 0 aliphatic rings. The first-order valence-corrected chi connectivity index (χ1v) is 6.67. The summed E-state index contributed by atoms with van der Waals surface area (Å²) in [7, 11) is -1.82. The van der Waals surface area contributed by atoms with Gasteiger partial charge in [-0.2, -0.15) is 0 Å². The summed E-state index contributed by atoms with van der Waals surface area (Å²) in [5.74, 6) is -2.58. The van der Waals surface area contributed by atoms with Crippen LogP contribution in [0.1, 0.15) is 5.56 Å². The maximum absolute atomic E-state index is 13.4. The fraction of sp³-hybridized carbons (Fsp3) is 0.0769. The minimum atomic E-state index is -1.82. The molecule has 6 heteroatoms. The molecule has 0 amide bonds. The SMILES string of the molecule is Nc1ccc(F)cc1S(=O)Cc1c(F)cccc1F. The molecule has 100 valence electrons. The highest BCUT2D eigenvalue weighted by Crippen LogP contribution is 2.22. The van der Waals surface area contributed by atoms with E-state index in [1.165, 1.54) is 12.1 Å². The second-order valence-corrected chi connectivity index (χ2v) is 5.29. The monoisotopic (exact) mass is 285 g/mol. The summed E-state index contributed by atoms with van der Waals surface area (Å²) in [6.45, 7) is 0. The molecule has 2 aromatic rings. The van der Waals surface area contributed by atoms with Crippen molar-refractivity contribution in [2.75, 3.05) is 5.73 Å². The number of hydrogen-bond donors (Lipinski definition) is 1. The van der Waals surface area contributed by atoms with Gasteiger partial charge in [0.15, 0.2) is 0 Å². The number of benzene rings is 2. The third-order valence-corrected chi connectivity index (χ3v) is 3.95. The molecule has 0 aliphatic carbocycles. The Labute approximate surface area is 110 Å². The molecule has 0 radical (unpaired) electrons. The van der Waals surface area contributed by atoms with Crippen molar-refractivity contribution in [3.05, 3.63) is 59.4 Å². The Morgan fingerprint density at radius 3 is 2.32 bits per heavy atom. The van der Waals surface area contributed by atoms with Gasteiger partial charge < -0.3 is 5.73 Å². The van der Waals surface area contributed by atoms with Crippen LogP contribution in [-0.2, 0) is 16.6 Å². The third-order valence-electron chi connectivity index (χ3n) is 2.56. The molecule has 2 aromatic carbocycles. The van der Waals surface area contributed by atoms with E-state index >= 15 is 0 Å². The molecule has 19 heavy (non-hydrogen) atoms. The van der Waals surface area contributed by atoms with E-state index in [2.05, 4.69) is 0 Å². The summed E-state index contributed by atoms with van der Waals surface area (Å²) in [5, 5.41) is 0. The first-order chi connectivity index (χ1) is 8.99. The van der Waals surface area contributed by atoms with E-state index in [1.54, 1.807) is 0 Å². The Kier molecular flexibility index (Phi) is 3.90. The number of rotatable bonds is 3. The van der Waals surface area contributed by atoms with Crippen LogP contribution in [0.15, 0.2) is 41.3 Å². The van der Waals surface area contributed by atoms with Crippen molar-refractivity contribution in [1.82, 2.24) is 0 Å². The van der Waals surface area contributed by atoms with Crippen molar-refractivity contribution in [1.29, 1.82) is 0 Å². The van der Waals surface area contributed by atoms with Crippen LogP contribution in [0.25, 0.3) is 0 Å². The molecule has 0 saturated carbocycles. The lowest BCUT2D eigenvalue weighted by Gasteiger charge is -2.07. The molecule has 0 fully saturated rings. The molecule has 0 aliphatic heterocycles. The molecule has 2 N–H and O–H groups in total. The van der Waals surface area contributed by atoms with E-state index < -0.39 is 34.0 Å². The topological polar surface area (TPSA) is 43.1 Å². The molecule has 2 rings (SSSR count). The lowest BCUT2D eigenvalue weighted by Crippen LogP contribution is -2.05. The van der Waals surface area contributed by atoms with Crippen LogP contribution in [0.2, 0.25) is 0 Å². The lowest BCUT2D eigenvalue weighted by molar-refractivity contribution is 0.564. The van der Waals surface area contributed by atoms with E-state index in [4.69, 9.17) is 5.73 Å². The van der Waals surface area contributed by atoms with Crippen LogP contribution in [0.4, 0.5) is 18.9 Å². The summed E-state index contributed by atoms with van der Waals surface area (Å²) < 4.78 is 51.9. The molecule has 0 heterocycles. The van der Waals surface area contributed by atoms with Crippen LogP contribution >= 0.6 is 0 Å². The summed E-state index contributed by atoms with van der Waals surface area (Å²) in [6, 6.07) is 6.76. The number of nitrogen functional groups attached to an aromatic ring is 1. The van der Waals surface area contributed by atoms with Gasteiger partial charge in [0.05, 0.1) is 21.4 Å². The maximum atomic E-state index is 13.4. The van der Waals surface area contributed by atoms with E-state index in [-0.39, 0.29) is 16.1 Å². The molecule has 1 atom stereocenters. The smallest absolute Gasteiger partial charge is 0.130 e. The fourth-order valence-electron chi connectivity index (χ4n) is 1.58. The molecule has 0 spiro atoms. The van der Waals surface area contributed by atoms with Crippen LogP contribution in [0.3, 0.4) is 0 Å². The molecular weight excluding hydrogens is 275 g/mol. The van der Waals surface area contributed by atoms with Crippen molar-refractivity contribution in [2.45, 2.75) is 10.6 Å². The minimum Gasteiger partial charge on any atom is -0.398 e. The zero-order valence-electron chi connectivity index (χ0n) is 9.70. The summed E-state index contributed by atoms with van der Waals surface area (Å²) in [4.78, 5) is 0.0302. The Balaban J connectivity index is 2.34. The highest BCUT2D eigenvalue weighted by atomic mass is 32.2. The van der Waals surface area contributed by atoms with E-state index in [0.29, 0.717) is 0 Å². The summed E-state index contributed by atoms with van der Waals surface area (Å²) >= 11 is 0. The van der Waals surface area contributed by atoms with Crippen LogP contribution in [0, 0.1) is 17.5 Å². The van der Waals surface area contributed by atoms with Crippen molar-refractivity contribution in [2.24, 2.45) is 0 Å². The molecule has 0 bridgehead atoms. The van der Waals surface area contributed by atoms with Crippen molar-refractivity contribution in [3.8, 4) is 0 Å². The molecule has 0 saturated heterocycles. The van der Waals surface area contributed by atoms with Crippen molar-refractivity contribution < 1.29 is 17.4 Å². The molecular formula is C13H10F3NOS. The zero-order valence-corrected chi connectivity index (χ0v) is 10.5. The quantitative estimate of drug-likeness (QED) is 0.881. The average molecular weight is 285 g/mol. The van der Waals surface area contributed by atoms with Gasteiger partial charge in [-0.25, -0.2) is 13.2 Å². The average Bonchev–Trinajstić information content (AvgIpc) is 2.37. The predicted octanol–water partition coefficient (Wildman–Crippen LogP) is 2.99. The fourth-order valence-corrected chi connectivity index (χ4v) is 2.85. The number of anilines is 1. The number of halogens is 3. The van der Waals surface area contributed by atoms with Gasteiger partial charge in [-0.3, -0.25) is 4.21 Å². The van der Waals surface area contributed by atoms with Crippen LogP contribution in [0.5, 0.6) is 0 Å². The van der Waals surface area contributed by atoms with Gasteiger partial charge in [-0.15, -0.1) is 0 Å². The summed E-state index contributed by atoms with van der Waals surface area (Å²) in [6.07, 6.45) is 0. The zero-order chi connectivity index (χ0) is 14.0. The summed E-state index contributed by atoms with van der Waals surface area (Å²) in [5.41, 5.74) is 5.39. The van der Waals surface area contributed by atoms with Gasteiger partial charge in [0, 0.05) is 11.3 Å². The second-order valence-electron chi connectivity index (χ2n) is 3.87. The Morgan fingerprint density at radius 1 is 1.05 bits per heavy atom. The van der Waals surface area contributed by atoms with Gasteiger partial charge in [-0.05, 0) is 30.3 Å². The maximum Gasteiger partial charge on any atom is 0.130 e. The Bertz CT molecular complexity index is 626. The molecule has 1 unspecified atom stereocenters. The van der Waals surface area contributed by atoms with Gasteiger partial charge >= 0.3 is 0 Å². The van der Waals surface area contributed by atoms with E-state index in [1.807, 2.05) is 0 Å². The first kappa shape index (κ1) is 13.6.